The minimum Gasteiger partial charge on any atom is -0.339 e. The van der Waals surface area contributed by atoms with Crippen LogP contribution in [-0.2, 0) is 4.79 Å². The van der Waals surface area contributed by atoms with Gasteiger partial charge < -0.3 is 15.1 Å². The summed E-state index contributed by atoms with van der Waals surface area (Å²) < 4.78 is 0. The van der Waals surface area contributed by atoms with E-state index in [-0.39, 0.29) is 30.1 Å². The van der Waals surface area contributed by atoms with Crippen LogP contribution in [0.5, 0.6) is 0 Å². The number of nitrogens with zero attached hydrogens (tertiary/aromatic N) is 2. The first-order valence-corrected chi connectivity index (χ1v) is 9.05. The molecule has 5 nitrogen and oxygen atoms in total. The van der Waals surface area contributed by atoms with Crippen LogP contribution in [0.4, 0.5) is 0 Å². The SMILES string of the molecule is Cl.O=C(c1ccc(Cl)cc1Cl)N1CCN(C(=O)C2CCCNC2)CC1. The molecule has 1 aromatic rings. The van der Waals surface area contributed by atoms with E-state index in [1.165, 1.54) is 0 Å². The molecule has 2 fully saturated rings. The normalized spacial score (nSPS) is 20.8. The number of nitrogens with one attached hydrogen (secondary N) is 1. The van der Waals surface area contributed by atoms with Gasteiger partial charge in [0.25, 0.3) is 5.91 Å². The monoisotopic (exact) mass is 405 g/mol. The first kappa shape index (κ1) is 20.3. The summed E-state index contributed by atoms with van der Waals surface area (Å²) in [6, 6.07) is 4.89. The summed E-state index contributed by atoms with van der Waals surface area (Å²) in [5.74, 6) is 0.175. The third-order valence-corrected chi connectivity index (χ3v) is 5.23. The Hall–Kier alpha value is -1.01. The molecule has 1 unspecified atom stereocenters. The van der Waals surface area contributed by atoms with Gasteiger partial charge in [-0.3, -0.25) is 9.59 Å². The fourth-order valence-electron chi connectivity index (χ4n) is 3.28. The Morgan fingerprint density at radius 2 is 1.76 bits per heavy atom. The maximum absolute atomic E-state index is 12.6. The number of hydrogen-bond acceptors (Lipinski definition) is 3. The highest BCUT2D eigenvalue weighted by Gasteiger charge is 2.30. The molecule has 2 heterocycles. The Morgan fingerprint density at radius 3 is 2.36 bits per heavy atom. The van der Waals surface area contributed by atoms with Crippen LogP contribution in [0.1, 0.15) is 23.2 Å². The second kappa shape index (κ2) is 9.08. The molecule has 0 bridgehead atoms. The Balaban J connectivity index is 0.00000225. The Morgan fingerprint density at radius 1 is 1.08 bits per heavy atom. The Kier molecular flexibility index (Phi) is 7.37. The standard InChI is InChI=1S/C17H21Cl2N3O2.ClH/c18-13-3-4-14(15(19)10-13)17(24)22-8-6-21(7-9-22)16(23)12-2-1-5-20-11-12;/h3-4,10,12,20H,1-2,5-9,11H2;1H. The molecule has 0 aliphatic carbocycles. The van der Waals surface area contributed by atoms with Crippen LogP contribution in [0.2, 0.25) is 10.0 Å². The molecule has 1 atom stereocenters. The van der Waals surface area contributed by atoms with Crippen LogP contribution in [0.3, 0.4) is 0 Å². The molecule has 0 radical (unpaired) electrons. The van der Waals surface area contributed by atoms with Gasteiger partial charge >= 0.3 is 0 Å². The lowest BCUT2D eigenvalue weighted by Gasteiger charge is -2.37. The first-order valence-electron chi connectivity index (χ1n) is 8.30. The molecule has 0 spiro atoms. The zero-order valence-corrected chi connectivity index (χ0v) is 16.2. The summed E-state index contributed by atoms with van der Waals surface area (Å²) in [6.07, 6.45) is 2.00. The molecular weight excluding hydrogens is 385 g/mol. The van der Waals surface area contributed by atoms with E-state index in [4.69, 9.17) is 23.2 Å². The number of benzene rings is 1. The van der Waals surface area contributed by atoms with Gasteiger partial charge in [-0.15, -0.1) is 12.4 Å². The van der Waals surface area contributed by atoms with Crippen molar-refractivity contribution >= 4 is 47.4 Å². The summed E-state index contributed by atoms with van der Waals surface area (Å²) in [7, 11) is 0. The van der Waals surface area contributed by atoms with Gasteiger partial charge in [0.15, 0.2) is 0 Å². The van der Waals surface area contributed by atoms with Gasteiger partial charge in [-0.05, 0) is 37.6 Å². The van der Waals surface area contributed by atoms with E-state index in [2.05, 4.69) is 5.32 Å². The molecule has 2 amide bonds. The Labute approximate surface area is 164 Å². The number of halogens is 3. The molecule has 0 saturated carbocycles. The van der Waals surface area contributed by atoms with Gasteiger partial charge in [0.05, 0.1) is 16.5 Å². The quantitative estimate of drug-likeness (QED) is 0.821. The van der Waals surface area contributed by atoms with Crippen molar-refractivity contribution in [2.45, 2.75) is 12.8 Å². The van der Waals surface area contributed by atoms with Crippen molar-refractivity contribution < 1.29 is 9.59 Å². The predicted molar refractivity (Wildman–Crippen MR) is 102 cm³/mol. The van der Waals surface area contributed by atoms with Crippen LogP contribution >= 0.6 is 35.6 Å². The number of rotatable bonds is 2. The molecule has 2 saturated heterocycles. The predicted octanol–water partition coefficient (Wildman–Crippen LogP) is 2.70. The van der Waals surface area contributed by atoms with E-state index < -0.39 is 0 Å². The van der Waals surface area contributed by atoms with Crippen LogP contribution < -0.4 is 5.32 Å². The highest BCUT2D eigenvalue weighted by atomic mass is 35.5. The molecule has 1 aromatic carbocycles. The lowest BCUT2D eigenvalue weighted by Crippen LogP contribution is -2.53. The fraction of sp³-hybridized carbons (Fsp3) is 0.529. The van der Waals surface area contributed by atoms with Crippen molar-refractivity contribution in [2.24, 2.45) is 5.92 Å². The van der Waals surface area contributed by atoms with Gasteiger partial charge in [-0.1, -0.05) is 23.2 Å². The van der Waals surface area contributed by atoms with E-state index in [9.17, 15) is 9.59 Å². The number of hydrogen-bond donors (Lipinski definition) is 1. The van der Waals surface area contributed by atoms with Gasteiger partial charge in [-0.25, -0.2) is 0 Å². The number of piperazine rings is 1. The maximum atomic E-state index is 12.6. The number of carbonyl (C=O) groups is 2. The average Bonchev–Trinajstić information content (AvgIpc) is 2.61. The smallest absolute Gasteiger partial charge is 0.255 e. The third-order valence-electron chi connectivity index (χ3n) is 4.69. The van der Waals surface area contributed by atoms with Crippen molar-refractivity contribution in [1.82, 2.24) is 15.1 Å². The number of amides is 2. The molecular formula is C17H22Cl3N3O2. The van der Waals surface area contributed by atoms with E-state index >= 15 is 0 Å². The number of carbonyl (C=O) groups excluding carboxylic acids is 2. The molecule has 3 rings (SSSR count). The summed E-state index contributed by atoms with van der Waals surface area (Å²) in [6.45, 7) is 3.97. The summed E-state index contributed by atoms with van der Waals surface area (Å²) in [4.78, 5) is 28.8. The topological polar surface area (TPSA) is 52.7 Å². The largest absolute Gasteiger partial charge is 0.339 e. The van der Waals surface area contributed by atoms with Crippen molar-refractivity contribution in [2.75, 3.05) is 39.3 Å². The molecule has 138 valence electrons. The van der Waals surface area contributed by atoms with E-state index in [0.29, 0.717) is 41.8 Å². The molecule has 25 heavy (non-hydrogen) atoms. The summed E-state index contributed by atoms with van der Waals surface area (Å²) in [5.41, 5.74) is 0.456. The minimum absolute atomic E-state index is 0. The second-order valence-electron chi connectivity index (χ2n) is 6.28. The molecule has 8 heteroatoms. The van der Waals surface area contributed by atoms with Gasteiger partial charge in [-0.2, -0.15) is 0 Å². The molecule has 0 aromatic heterocycles. The van der Waals surface area contributed by atoms with Crippen molar-refractivity contribution in [1.29, 1.82) is 0 Å². The highest BCUT2D eigenvalue weighted by molar-refractivity contribution is 6.36. The lowest BCUT2D eigenvalue weighted by molar-refractivity contribution is -0.137. The highest BCUT2D eigenvalue weighted by Crippen LogP contribution is 2.23. The molecule has 1 N–H and O–H groups in total. The van der Waals surface area contributed by atoms with Gasteiger partial charge in [0, 0.05) is 37.7 Å². The van der Waals surface area contributed by atoms with Crippen LogP contribution in [-0.4, -0.2) is 60.9 Å². The summed E-state index contributed by atoms with van der Waals surface area (Å²) >= 11 is 12.0. The second-order valence-corrected chi connectivity index (χ2v) is 7.13. The van der Waals surface area contributed by atoms with E-state index in [0.717, 1.165) is 25.9 Å². The maximum Gasteiger partial charge on any atom is 0.255 e. The van der Waals surface area contributed by atoms with Crippen molar-refractivity contribution in [3.8, 4) is 0 Å². The first-order chi connectivity index (χ1) is 11.6. The number of piperidine rings is 1. The van der Waals surface area contributed by atoms with E-state index in [1.54, 1.807) is 23.1 Å². The zero-order valence-electron chi connectivity index (χ0n) is 13.8. The van der Waals surface area contributed by atoms with Crippen LogP contribution in [0, 0.1) is 5.92 Å². The lowest BCUT2D eigenvalue weighted by atomic mass is 9.98. The minimum atomic E-state index is -0.108. The van der Waals surface area contributed by atoms with Crippen molar-refractivity contribution in [3.63, 3.8) is 0 Å². The third kappa shape index (κ3) is 4.79. The molecule has 2 aliphatic rings. The van der Waals surface area contributed by atoms with E-state index in [1.807, 2.05) is 4.90 Å². The van der Waals surface area contributed by atoms with Gasteiger partial charge in [0.1, 0.15) is 0 Å². The van der Waals surface area contributed by atoms with Crippen LogP contribution in [0.15, 0.2) is 18.2 Å². The average molecular weight is 407 g/mol. The summed E-state index contributed by atoms with van der Waals surface area (Å²) in [5, 5.41) is 4.14. The molecule has 2 aliphatic heterocycles. The van der Waals surface area contributed by atoms with Crippen LogP contribution in [0.25, 0.3) is 0 Å². The van der Waals surface area contributed by atoms with Crippen molar-refractivity contribution in [3.05, 3.63) is 33.8 Å². The Bertz CT molecular complexity index is 628. The van der Waals surface area contributed by atoms with Gasteiger partial charge in [0.2, 0.25) is 5.91 Å². The zero-order chi connectivity index (χ0) is 17.1. The fourth-order valence-corrected chi connectivity index (χ4v) is 3.77.